The van der Waals surface area contributed by atoms with Crippen molar-refractivity contribution in [3.63, 3.8) is 0 Å². The number of rotatable bonds is 1. The molecule has 15 heavy (non-hydrogen) atoms. The number of nitrogens with zero attached hydrogens (tertiary/aromatic N) is 2. The molecule has 0 aliphatic rings. The number of aromatic nitrogens is 2. The molecule has 2 aromatic rings. The molecular formula is C12H16N2O. The van der Waals surface area contributed by atoms with Crippen LogP contribution in [-0.4, -0.2) is 9.78 Å². The van der Waals surface area contributed by atoms with Crippen LogP contribution in [0, 0.1) is 0 Å². The second kappa shape index (κ2) is 3.26. The highest BCUT2D eigenvalue weighted by atomic mass is 16.3. The van der Waals surface area contributed by atoms with Gasteiger partial charge in [-0.3, -0.25) is 4.68 Å². The Labute approximate surface area is 89.7 Å². The highest BCUT2D eigenvalue weighted by Gasteiger charge is 2.23. The molecule has 0 saturated carbocycles. The average molecular weight is 204 g/mol. The lowest BCUT2D eigenvalue weighted by Gasteiger charge is -2.17. The molecule has 80 valence electrons. The van der Waals surface area contributed by atoms with E-state index in [1.807, 2.05) is 23.9 Å². The summed E-state index contributed by atoms with van der Waals surface area (Å²) in [5, 5.41) is 4.44. The number of aryl methyl sites for hydroxylation is 1. The lowest BCUT2D eigenvalue weighted by molar-refractivity contribution is 0.565. The maximum atomic E-state index is 5.39. The highest BCUT2D eigenvalue weighted by Crippen LogP contribution is 2.31. The van der Waals surface area contributed by atoms with Crippen LogP contribution in [0.4, 0.5) is 0 Å². The lowest BCUT2D eigenvalue weighted by atomic mass is 9.87. The summed E-state index contributed by atoms with van der Waals surface area (Å²) < 4.78 is 7.22. The van der Waals surface area contributed by atoms with E-state index < -0.39 is 0 Å². The van der Waals surface area contributed by atoms with Crippen molar-refractivity contribution in [3.05, 3.63) is 30.2 Å². The molecule has 0 saturated heterocycles. The van der Waals surface area contributed by atoms with Crippen LogP contribution in [0.1, 0.15) is 26.3 Å². The zero-order valence-corrected chi connectivity index (χ0v) is 9.61. The molecule has 3 nitrogen and oxygen atoms in total. The Morgan fingerprint density at radius 2 is 2.07 bits per heavy atom. The van der Waals surface area contributed by atoms with Gasteiger partial charge in [0.05, 0.1) is 6.26 Å². The van der Waals surface area contributed by atoms with Crippen molar-refractivity contribution in [2.75, 3.05) is 0 Å². The molecule has 0 amide bonds. The van der Waals surface area contributed by atoms with E-state index in [0.717, 1.165) is 11.5 Å². The van der Waals surface area contributed by atoms with Crippen molar-refractivity contribution in [2.24, 2.45) is 7.05 Å². The second-order valence-corrected chi connectivity index (χ2v) is 4.79. The van der Waals surface area contributed by atoms with Gasteiger partial charge in [0.1, 0.15) is 5.69 Å². The van der Waals surface area contributed by atoms with E-state index in [0.29, 0.717) is 0 Å². The first-order chi connectivity index (χ1) is 6.98. The van der Waals surface area contributed by atoms with Gasteiger partial charge >= 0.3 is 0 Å². The summed E-state index contributed by atoms with van der Waals surface area (Å²) in [6, 6.07) is 3.83. The van der Waals surface area contributed by atoms with Gasteiger partial charge < -0.3 is 4.42 Å². The predicted octanol–water partition coefficient (Wildman–Crippen LogP) is 2.98. The van der Waals surface area contributed by atoms with Crippen LogP contribution in [-0.2, 0) is 12.5 Å². The minimum atomic E-state index is 0.0797. The van der Waals surface area contributed by atoms with Crippen LogP contribution in [0.3, 0.4) is 0 Å². The smallest absolute Gasteiger partial charge is 0.154 e. The van der Waals surface area contributed by atoms with E-state index in [1.54, 1.807) is 6.26 Å². The third-order valence-electron chi connectivity index (χ3n) is 2.39. The van der Waals surface area contributed by atoms with Crippen molar-refractivity contribution in [1.82, 2.24) is 9.78 Å². The average Bonchev–Trinajstić information content (AvgIpc) is 2.68. The first kappa shape index (κ1) is 10.0. The molecule has 0 aliphatic carbocycles. The van der Waals surface area contributed by atoms with E-state index in [2.05, 4.69) is 32.1 Å². The van der Waals surface area contributed by atoms with Gasteiger partial charge in [0.15, 0.2) is 5.76 Å². The van der Waals surface area contributed by atoms with Crippen molar-refractivity contribution in [3.8, 4) is 11.5 Å². The summed E-state index contributed by atoms with van der Waals surface area (Å²) >= 11 is 0. The van der Waals surface area contributed by atoms with E-state index in [4.69, 9.17) is 4.42 Å². The Morgan fingerprint density at radius 3 is 2.60 bits per heavy atom. The highest BCUT2D eigenvalue weighted by molar-refractivity contribution is 5.58. The maximum absolute atomic E-state index is 5.39. The molecule has 0 radical (unpaired) electrons. The summed E-state index contributed by atoms with van der Waals surface area (Å²) in [5.74, 6) is 0.834. The molecule has 2 heterocycles. The zero-order valence-electron chi connectivity index (χ0n) is 9.61. The van der Waals surface area contributed by atoms with Gasteiger partial charge in [0.2, 0.25) is 0 Å². The van der Waals surface area contributed by atoms with Crippen LogP contribution in [0.2, 0.25) is 0 Å². The monoisotopic (exact) mass is 204 g/mol. The SMILES string of the molecule is Cn1cc(C(C)(C)C)c(-c2ccco2)n1. The molecule has 0 aromatic carbocycles. The molecule has 0 unspecified atom stereocenters. The van der Waals surface area contributed by atoms with Crippen LogP contribution in [0.25, 0.3) is 11.5 Å². The van der Waals surface area contributed by atoms with E-state index in [9.17, 15) is 0 Å². The normalized spacial score (nSPS) is 12.0. The molecule has 2 rings (SSSR count). The van der Waals surface area contributed by atoms with Crippen molar-refractivity contribution in [2.45, 2.75) is 26.2 Å². The van der Waals surface area contributed by atoms with Crippen LogP contribution in [0.15, 0.2) is 29.0 Å². The first-order valence-electron chi connectivity index (χ1n) is 5.06. The van der Waals surface area contributed by atoms with Crippen molar-refractivity contribution >= 4 is 0 Å². The fourth-order valence-electron chi connectivity index (χ4n) is 1.63. The third kappa shape index (κ3) is 1.82. The van der Waals surface area contributed by atoms with E-state index in [1.165, 1.54) is 5.56 Å². The van der Waals surface area contributed by atoms with Gasteiger partial charge in [0.25, 0.3) is 0 Å². The quantitative estimate of drug-likeness (QED) is 0.715. The minimum absolute atomic E-state index is 0.0797. The number of furan rings is 1. The molecule has 3 heteroatoms. The largest absolute Gasteiger partial charge is 0.463 e. The zero-order chi connectivity index (χ0) is 11.1. The van der Waals surface area contributed by atoms with Gasteiger partial charge in [-0.15, -0.1) is 0 Å². The lowest BCUT2D eigenvalue weighted by Crippen LogP contribution is -2.11. The maximum Gasteiger partial charge on any atom is 0.154 e. The Hall–Kier alpha value is -1.51. The molecule has 0 fully saturated rings. The third-order valence-corrected chi connectivity index (χ3v) is 2.39. The van der Waals surface area contributed by atoms with Crippen molar-refractivity contribution in [1.29, 1.82) is 0 Å². The summed E-state index contributed by atoms with van der Waals surface area (Å²) in [4.78, 5) is 0. The van der Waals surface area contributed by atoms with Gasteiger partial charge in [-0.2, -0.15) is 5.10 Å². The summed E-state index contributed by atoms with van der Waals surface area (Å²) in [5.41, 5.74) is 2.23. The summed E-state index contributed by atoms with van der Waals surface area (Å²) in [7, 11) is 1.93. The molecule has 0 bridgehead atoms. The van der Waals surface area contributed by atoms with Gasteiger partial charge in [0, 0.05) is 18.8 Å². The van der Waals surface area contributed by atoms with Crippen molar-refractivity contribution < 1.29 is 4.42 Å². The van der Waals surface area contributed by atoms with Gasteiger partial charge in [-0.25, -0.2) is 0 Å². The molecule has 0 spiro atoms. The fourth-order valence-corrected chi connectivity index (χ4v) is 1.63. The molecule has 0 aliphatic heterocycles. The van der Waals surface area contributed by atoms with Crippen LogP contribution in [0.5, 0.6) is 0 Å². The Bertz CT molecular complexity index is 446. The Balaban J connectivity index is 2.57. The van der Waals surface area contributed by atoms with E-state index in [-0.39, 0.29) is 5.41 Å². The van der Waals surface area contributed by atoms with Gasteiger partial charge in [-0.05, 0) is 17.5 Å². The van der Waals surface area contributed by atoms with Crippen LogP contribution >= 0.6 is 0 Å². The Kier molecular flexibility index (Phi) is 2.18. The number of hydrogen-bond donors (Lipinski definition) is 0. The summed E-state index contributed by atoms with van der Waals surface area (Å²) in [6.07, 6.45) is 3.73. The first-order valence-corrected chi connectivity index (χ1v) is 5.06. The van der Waals surface area contributed by atoms with Gasteiger partial charge in [-0.1, -0.05) is 20.8 Å². The molecule has 2 aromatic heterocycles. The molecule has 0 atom stereocenters. The second-order valence-electron chi connectivity index (χ2n) is 4.79. The fraction of sp³-hybridized carbons (Fsp3) is 0.417. The predicted molar refractivity (Wildman–Crippen MR) is 59.6 cm³/mol. The number of hydrogen-bond acceptors (Lipinski definition) is 2. The molecular weight excluding hydrogens is 188 g/mol. The molecule has 0 N–H and O–H groups in total. The topological polar surface area (TPSA) is 31.0 Å². The van der Waals surface area contributed by atoms with Crippen LogP contribution < -0.4 is 0 Å². The van der Waals surface area contributed by atoms with E-state index >= 15 is 0 Å². The minimum Gasteiger partial charge on any atom is -0.463 e. The summed E-state index contributed by atoms with van der Waals surface area (Å²) in [6.45, 7) is 6.53. The Morgan fingerprint density at radius 1 is 1.33 bits per heavy atom. The standard InChI is InChI=1S/C12H16N2O/c1-12(2,3)9-8-14(4)13-11(9)10-6-5-7-15-10/h5-8H,1-4H3.